The van der Waals surface area contributed by atoms with Gasteiger partial charge in [0.15, 0.2) is 0 Å². The zero-order valence-electron chi connectivity index (χ0n) is 5.69. The van der Waals surface area contributed by atoms with Crippen molar-refractivity contribution in [1.29, 1.82) is 0 Å². The lowest BCUT2D eigenvalue weighted by Crippen LogP contribution is -2.35. The van der Waals surface area contributed by atoms with Gasteiger partial charge in [0.05, 0.1) is 33.0 Å². The summed E-state index contributed by atoms with van der Waals surface area (Å²) in [5.41, 5.74) is 0. The molecule has 0 aliphatic heterocycles. The molecule has 0 saturated carbocycles. The molecule has 1 N–H and O–H groups in total. The van der Waals surface area contributed by atoms with Crippen molar-refractivity contribution in [2.75, 3.05) is 33.0 Å². The first kappa shape index (κ1) is 11.2. The van der Waals surface area contributed by atoms with Gasteiger partial charge in [-0.1, -0.05) is 15.9 Å². The maximum atomic E-state index is 3.37. The van der Waals surface area contributed by atoms with Crippen LogP contribution in [0, 0.1) is 0 Å². The zero-order chi connectivity index (χ0) is 5.91. The van der Waals surface area contributed by atoms with Crippen molar-refractivity contribution in [2.24, 2.45) is 0 Å². The molecule has 0 radical (unpaired) electrons. The van der Waals surface area contributed by atoms with E-state index in [0.29, 0.717) is 0 Å². The Morgan fingerprint density at radius 3 is 1.62 bits per heavy atom. The van der Waals surface area contributed by atoms with Crippen LogP contribution >= 0.6 is 15.9 Å². The number of rotatable bonds is 2. The fourth-order valence-corrected chi connectivity index (χ4v) is 1.32. The average Bonchev–Trinajstić information content (AvgIpc) is 1.30. The van der Waals surface area contributed by atoms with Gasteiger partial charge in [-0.2, -0.15) is 0 Å². The molecular formula is C5H14BrNO. The third-order valence-electron chi connectivity index (χ3n) is 0.755. The quantitative estimate of drug-likeness (QED) is 0.463. The third-order valence-corrected chi connectivity index (χ3v) is 1.11. The smallest absolute Gasteiger partial charge is 0.0878 e. The number of quaternary nitrogens is 1. The first-order valence-electron chi connectivity index (χ1n) is 2.43. The second-order valence-corrected chi connectivity index (χ2v) is 3.50. The standard InChI is InChI=1S/C5H13BrN.H2O/c1-7(2,3)5-4-6;/h4-5H2,1-3H3;1H2/q+1;/p-1. The van der Waals surface area contributed by atoms with E-state index in [9.17, 15) is 0 Å². The molecule has 0 spiro atoms. The average molecular weight is 184 g/mol. The van der Waals surface area contributed by atoms with Crippen LogP contribution in [-0.2, 0) is 0 Å². The zero-order valence-corrected chi connectivity index (χ0v) is 7.27. The van der Waals surface area contributed by atoms with Gasteiger partial charge in [0.25, 0.3) is 0 Å². The first-order valence-corrected chi connectivity index (χ1v) is 3.55. The predicted molar refractivity (Wildman–Crippen MR) is 38.6 cm³/mol. The Morgan fingerprint density at radius 1 is 1.25 bits per heavy atom. The van der Waals surface area contributed by atoms with Crippen molar-refractivity contribution in [3.63, 3.8) is 0 Å². The topological polar surface area (TPSA) is 30.0 Å². The molecule has 0 aromatic heterocycles. The SMILES string of the molecule is C[N+](C)(C)CCBr.[OH-]. The molecule has 3 heteroatoms. The van der Waals surface area contributed by atoms with Crippen molar-refractivity contribution >= 4 is 15.9 Å². The molecular weight excluding hydrogens is 170 g/mol. The molecule has 0 heterocycles. The summed E-state index contributed by atoms with van der Waals surface area (Å²) in [6, 6.07) is 0. The molecule has 0 atom stereocenters. The third kappa shape index (κ3) is 9.64. The van der Waals surface area contributed by atoms with E-state index in [1.54, 1.807) is 0 Å². The number of hydrogen-bond acceptors (Lipinski definition) is 1. The van der Waals surface area contributed by atoms with E-state index in [2.05, 4.69) is 37.1 Å². The maximum absolute atomic E-state index is 3.37. The van der Waals surface area contributed by atoms with Crippen LogP contribution in [-0.4, -0.2) is 43.0 Å². The largest absolute Gasteiger partial charge is 0.870 e. The van der Waals surface area contributed by atoms with Gasteiger partial charge in [0, 0.05) is 0 Å². The molecule has 0 unspecified atom stereocenters. The molecule has 8 heavy (non-hydrogen) atoms. The van der Waals surface area contributed by atoms with Crippen molar-refractivity contribution in [3.8, 4) is 0 Å². The van der Waals surface area contributed by atoms with Gasteiger partial charge in [0.2, 0.25) is 0 Å². The minimum atomic E-state index is 0. The van der Waals surface area contributed by atoms with Crippen LogP contribution in [0.1, 0.15) is 0 Å². The lowest BCUT2D eigenvalue weighted by atomic mass is 10.6. The highest BCUT2D eigenvalue weighted by Crippen LogP contribution is 1.90. The van der Waals surface area contributed by atoms with Crippen molar-refractivity contribution in [1.82, 2.24) is 0 Å². The number of alkyl halides is 1. The highest BCUT2D eigenvalue weighted by atomic mass is 79.9. The summed E-state index contributed by atoms with van der Waals surface area (Å²) in [7, 11) is 6.55. The normalized spacial score (nSPS) is 10.5. The number of hydrogen-bond donors (Lipinski definition) is 0. The lowest BCUT2D eigenvalue weighted by Gasteiger charge is -2.21. The molecule has 2 nitrogen and oxygen atoms in total. The molecule has 0 rings (SSSR count). The fraction of sp³-hybridized carbons (Fsp3) is 1.00. The Bertz CT molecular complexity index is 50.9. The van der Waals surface area contributed by atoms with Crippen LogP contribution < -0.4 is 0 Å². The van der Waals surface area contributed by atoms with Gasteiger partial charge in [-0.25, -0.2) is 0 Å². The minimum absolute atomic E-state index is 0. The molecule has 0 saturated heterocycles. The Labute approximate surface area is 59.5 Å². The van der Waals surface area contributed by atoms with Crippen LogP contribution in [0.15, 0.2) is 0 Å². The highest BCUT2D eigenvalue weighted by molar-refractivity contribution is 9.09. The summed E-state index contributed by atoms with van der Waals surface area (Å²) in [5.74, 6) is 0. The van der Waals surface area contributed by atoms with E-state index in [1.807, 2.05) is 0 Å². The van der Waals surface area contributed by atoms with Crippen molar-refractivity contribution in [2.45, 2.75) is 0 Å². The lowest BCUT2D eigenvalue weighted by molar-refractivity contribution is -0.867. The Morgan fingerprint density at radius 2 is 1.62 bits per heavy atom. The van der Waals surface area contributed by atoms with E-state index >= 15 is 0 Å². The van der Waals surface area contributed by atoms with Crippen molar-refractivity contribution < 1.29 is 9.96 Å². The van der Waals surface area contributed by atoms with Crippen LogP contribution in [0.5, 0.6) is 0 Å². The van der Waals surface area contributed by atoms with Crippen molar-refractivity contribution in [3.05, 3.63) is 0 Å². The van der Waals surface area contributed by atoms with Crippen LogP contribution in [0.2, 0.25) is 0 Å². The summed E-state index contributed by atoms with van der Waals surface area (Å²) < 4.78 is 1.05. The number of nitrogens with zero attached hydrogens (tertiary/aromatic N) is 1. The van der Waals surface area contributed by atoms with Gasteiger partial charge in [-0.3, -0.25) is 0 Å². The molecule has 0 amide bonds. The summed E-state index contributed by atoms with van der Waals surface area (Å²) in [4.78, 5) is 0. The fourth-order valence-electron chi connectivity index (χ4n) is 0.254. The molecule has 0 fully saturated rings. The summed E-state index contributed by atoms with van der Waals surface area (Å²) in [5, 5.41) is 1.09. The molecule has 52 valence electrons. The summed E-state index contributed by atoms with van der Waals surface area (Å²) >= 11 is 3.37. The highest BCUT2D eigenvalue weighted by Gasteiger charge is 2.02. The molecule has 0 aromatic rings. The molecule has 0 aromatic carbocycles. The molecule has 0 bridgehead atoms. The summed E-state index contributed by atoms with van der Waals surface area (Å²) in [6.07, 6.45) is 0. The van der Waals surface area contributed by atoms with Gasteiger partial charge in [-0.05, 0) is 0 Å². The first-order chi connectivity index (χ1) is 3.06. The van der Waals surface area contributed by atoms with E-state index in [-0.39, 0.29) is 5.48 Å². The molecule has 0 aliphatic carbocycles. The summed E-state index contributed by atoms with van der Waals surface area (Å²) in [6.45, 7) is 1.19. The van der Waals surface area contributed by atoms with Gasteiger partial charge < -0.3 is 9.96 Å². The van der Waals surface area contributed by atoms with Crippen LogP contribution in [0.3, 0.4) is 0 Å². The Balaban J connectivity index is 0. The Hall–Kier alpha value is 0.400. The van der Waals surface area contributed by atoms with E-state index in [1.165, 1.54) is 6.54 Å². The second-order valence-electron chi connectivity index (χ2n) is 2.70. The predicted octanol–water partition coefficient (Wildman–Crippen LogP) is 0.911. The van der Waals surface area contributed by atoms with Gasteiger partial charge in [0.1, 0.15) is 0 Å². The van der Waals surface area contributed by atoms with E-state index in [4.69, 9.17) is 0 Å². The Kier molecular flexibility index (Phi) is 6.03. The molecule has 0 aliphatic rings. The van der Waals surface area contributed by atoms with Crippen LogP contribution in [0.4, 0.5) is 0 Å². The van der Waals surface area contributed by atoms with Gasteiger partial charge in [-0.15, -0.1) is 0 Å². The van der Waals surface area contributed by atoms with Crippen LogP contribution in [0.25, 0.3) is 0 Å². The van der Waals surface area contributed by atoms with Gasteiger partial charge >= 0.3 is 0 Å². The maximum Gasteiger partial charge on any atom is 0.0878 e. The van der Waals surface area contributed by atoms with E-state index in [0.717, 1.165) is 9.81 Å². The second kappa shape index (κ2) is 4.30. The number of halogens is 1. The van der Waals surface area contributed by atoms with E-state index < -0.39 is 0 Å². The minimum Gasteiger partial charge on any atom is -0.870 e. The monoisotopic (exact) mass is 183 g/mol.